The van der Waals surface area contributed by atoms with E-state index in [0.717, 1.165) is 37.3 Å². The van der Waals surface area contributed by atoms with Crippen molar-refractivity contribution in [2.45, 2.75) is 19.9 Å². The molecule has 5 nitrogen and oxygen atoms in total. The molecule has 0 saturated carbocycles. The van der Waals surface area contributed by atoms with Crippen molar-refractivity contribution < 1.29 is 4.74 Å². The zero-order valence-electron chi connectivity index (χ0n) is 14.9. The first kappa shape index (κ1) is 17.6. The molecular weight excluding hydrogens is 288 g/mol. The number of likely N-dealkylation sites (tertiary alicyclic amines) is 1. The Morgan fingerprint density at radius 3 is 2.70 bits per heavy atom. The Hall–Kier alpha value is -1.75. The molecule has 1 N–H and O–H groups in total. The van der Waals surface area contributed by atoms with E-state index in [9.17, 15) is 0 Å². The SMILES string of the molecule is CCN1CCC(CNC(=NC)N(C)Cc2ccc(OC)cc2)C1. The number of nitrogens with one attached hydrogen (secondary N) is 1. The largest absolute Gasteiger partial charge is 0.497 e. The number of hydrogen-bond acceptors (Lipinski definition) is 3. The molecule has 1 saturated heterocycles. The second-order valence-electron chi connectivity index (χ2n) is 6.18. The van der Waals surface area contributed by atoms with E-state index in [4.69, 9.17) is 4.74 Å². The molecule has 1 aromatic carbocycles. The Labute approximate surface area is 140 Å². The molecule has 1 unspecified atom stereocenters. The number of rotatable bonds is 6. The smallest absolute Gasteiger partial charge is 0.193 e. The summed E-state index contributed by atoms with van der Waals surface area (Å²) in [5.74, 6) is 2.57. The van der Waals surface area contributed by atoms with Crippen LogP contribution >= 0.6 is 0 Å². The molecule has 1 aliphatic rings. The molecule has 5 heteroatoms. The first-order valence-corrected chi connectivity index (χ1v) is 8.43. The number of benzene rings is 1. The predicted octanol–water partition coefficient (Wildman–Crippen LogP) is 2.04. The number of methoxy groups -OCH3 is 1. The molecule has 1 aromatic rings. The highest BCUT2D eigenvalue weighted by molar-refractivity contribution is 5.79. The third-order valence-corrected chi connectivity index (χ3v) is 4.52. The van der Waals surface area contributed by atoms with Crippen LogP contribution in [0.2, 0.25) is 0 Å². The van der Waals surface area contributed by atoms with Gasteiger partial charge < -0.3 is 19.9 Å². The van der Waals surface area contributed by atoms with Crippen LogP contribution in [0.1, 0.15) is 18.9 Å². The molecule has 2 rings (SSSR count). The number of nitrogens with zero attached hydrogens (tertiary/aromatic N) is 3. The monoisotopic (exact) mass is 318 g/mol. The molecule has 1 fully saturated rings. The highest BCUT2D eigenvalue weighted by Crippen LogP contribution is 2.15. The number of guanidine groups is 1. The van der Waals surface area contributed by atoms with Gasteiger partial charge in [-0.2, -0.15) is 0 Å². The first-order chi connectivity index (χ1) is 11.2. The summed E-state index contributed by atoms with van der Waals surface area (Å²) in [6, 6.07) is 8.19. The fraction of sp³-hybridized carbons (Fsp3) is 0.611. The van der Waals surface area contributed by atoms with Crippen molar-refractivity contribution in [2.24, 2.45) is 10.9 Å². The molecule has 23 heavy (non-hydrogen) atoms. The maximum absolute atomic E-state index is 5.20. The van der Waals surface area contributed by atoms with E-state index in [2.05, 4.69) is 46.2 Å². The predicted molar refractivity (Wildman–Crippen MR) is 96.0 cm³/mol. The highest BCUT2D eigenvalue weighted by atomic mass is 16.5. The average molecular weight is 318 g/mol. The van der Waals surface area contributed by atoms with Gasteiger partial charge in [0, 0.05) is 33.7 Å². The van der Waals surface area contributed by atoms with Crippen molar-refractivity contribution in [3.63, 3.8) is 0 Å². The minimum absolute atomic E-state index is 0.723. The van der Waals surface area contributed by atoms with Gasteiger partial charge >= 0.3 is 0 Å². The zero-order chi connectivity index (χ0) is 16.7. The van der Waals surface area contributed by atoms with Crippen LogP contribution in [0.25, 0.3) is 0 Å². The molecule has 0 spiro atoms. The van der Waals surface area contributed by atoms with Crippen LogP contribution in [0.15, 0.2) is 29.3 Å². The van der Waals surface area contributed by atoms with Crippen LogP contribution in [0.5, 0.6) is 5.75 Å². The van der Waals surface area contributed by atoms with E-state index in [1.165, 1.54) is 25.1 Å². The third kappa shape index (κ3) is 5.13. The van der Waals surface area contributed by atoms with Crippen molar-refractivity contribution in [1.82, 2.24) is 15.1 Å². The Balaban J connectivity index is 1.82. The van der Waals surface area contributed by atoms with Gasteiger partial charge in [-0.3, -0.25) is 4.99 Å². The zero-order valence-corrected chi connectivity index (χ0v) is 14.9. The summed E-state index contributed by atoms with van der Waals surface area (Å²) in [7, 11) is 5.61. The molecule has 0 aromatic heterocycles. The lowest BCUT2D eigenvalue weighted by molar-refractivity contribution is 0.340. The quantitative estimate of drug-likeness (QED) is 0.644. The van der Waals surface area contributed by atoms with E-state index >= 15 is 0 Å². The summed E-state index contributed by atoms with van der Waals surface area (Å²) in [5, 5.41) is 3.52. The van der Waals surface area contributed by atoms with Gasteiger partial charge in [-0.1, -0.05) is 19.1 Å². The molecule has 0 aliphatic carbocycles. The van der Waals surface area contributed by atoms with Crippen LogP contribution in [0, 0.1) is 5.92 Å². The molecule has 0 radical (unpaired) electrons. The fourth-order valence-electron chi connectivity index (χ4n) is 3.07. The van der Waals surface area contributed by atoms with Crippen molar-refractivity contribution in [1.29, 1.82) is 0 Å². The van der Waals surface area contributed by atoms with E-state index in [0.29, 0.717) is 0 Å². The van der Waals surface area contributed by atoms with Gasteiger partial charge in [-0.15, -0.1) is 0 Å². The van der Waals surface area contributed by atoms with Crippen molar-refractivity contribution in [2.75, 3.05) is 47.4 Å². The molecule has 1 aliphatic heterocycles. The summed E-state index contributed by atoms with van der Waals surface area (Å²) in [6.07, 6.45) is 1.28. The van der Waals surface area contributed by atoms with E-state index in [-0.39, 0.29) is 0 Å². The lowest BCUT2D eigenvalue weighted by Crippen LogP contribution is -2.41. The molecular formula is C18H30N4O. The summed E-state index contributed by atoms with van der Waals surface area (Å²) in [6.45, 7) is 7.64. The summed E-state index contributed by atoms with van der Waals surface area (Å²) >= 11 is 0. The van der Waals surface area contributed by atoms with Gasteiger partial charge in [0.05, 0.1) is 7.11 Å². The Morgan fingerprint density at radius 1 is 1.39 bits per heavy atom. The summed E-state index contributed by atoms with van der Waals surface area (Å²) in [5.41, 5.74) is 1.24. The van der Waals surface area contributed by atoms with E-state index in [1.807, 2.05) is 19.2 Å². The van der Waals surface area contributed by atoms with Gasteiger partial charge in [-0.25, -0.2) is 0 Å². The van der Waals surface area contributed by atoms with Crippen LogP contribution in [0.3, 0.4) is 0 Å². The third-order valence-electron chi connectivity index (χ3n) is 4.52. The van der Waals surface area contributed by atoms with E-state index in [1.54, 1.807) is 7.11 Å². The van der Waals surface area contributed by atoms with Gasteiger partial charge in [-0.05, 0) is 43.1 Å². The number of hydrogen-bond donors (Lipinski definition) is 1. The second-order valence-corrected chi connectivity index (χ2v) is 6.18. The number of aliphatic imine (C=N–C) groups is 1. The standard InChI is InChI=1S/C18H30N4O/c1-5-22-11-10-16(14-22)12-20-18(19-2)21(3)13-15-6-8-17(23-4)9-7-15/h6-9,16H,5,10-14H2,1-4H3,(H,19,20). The molecule has 0 bridgehead atoms. The molecule has 0 amide bonds. The van der Waals surface area contributed by atoms with Crippen molar-refractivity contribution in [3.05, 3.63) is 29.8 Å². The average Bonchev–Trinajstić information content (AvgIpc) is 3.04. The molecule has 1 heterocycles. The maximum atomic E-state index is 5.20. The van der Waals surface area contributed by atoms with Gasteiger partial charge in [0.2, 0.25) is 0 Å². The summed E-state index contributed by atoms with van der Waals surface area (Å²) < 4.78 is 5.20. The normalized spacial score (nSPS) is 19.0. The Morgan fingerprint density at radius 2 is 2.13 bits per heavy atom. The van der Waals surface area contributed by atoms with Gasteiger partial charge in [0.15, 0.2) is 5.96 Å². The lowest BCUT2D eigenvalue weighted by atomic mass is 10.1. The topological polar surface area (TPSA) is 40.1 Å². The molecule has 1 atom stereocenters. The van der Waals surface area contributed by atoms with Crippen LogP contribution in [0.4, 0.5) is 0 Å². The van der Waals surface area contributed by atoms with Gasteiger partial charge in [0.1, 0.15) is 5.75 Å². The first-order valence-electron chi connectivity index (χ1n) is 8.43. The van der Waals surface area contributed by atoms with E-state index < -0.39 is 0 Å². The van der Waals surface area contributed by atoms with Crippen LogP contribution < -0.4 is 10.1 Å². The lowest BCUT2D eigenvalue weighted by Gasteiger charge is -2.23. The van der Waals surface area contributed by atoms with Crippen molar-refractivity contribution >= 4 is 5.96 Å². The van der Waals surface area contributed by atoms with Crippen LogP contribution in [-0.4, -0.2) is 63.1 Å². The molecule has 128 valence electrons. The summed E-state index contributed by atoms with van der Waals surface area (Å²) in [4.78, 5) is 9.08. The fourth-order valence-corrected chi connectivity index (χ4v) is 3.07. The minimum atomic E-state index is 0.723. The number of ether oxygens (including phenoxy) is 1. The highest BCUT2D eigenvalue weighted by Gasteiger charge is 2.21. The second kappa shape index (κ2) is 8.77. The minimum Gasteiger partial charge on any atom is -0.497 e. The van der Waals surface area contributed by atoms with Crippen molar-refractivity contribution in [3.8, 4) is 5.75 Å². The Kier molecular flexibility index (Phi) is 6.71. The maximum Gasteiger partial charge on any atom is 0.193 e. The van der Waals surface area contributed by atoms with Crippen LogP contribution in [-0.2, 0) is 6.54 Å². The Bertz CT molecular complexity index is 500. The van der Waals surface area contributed by atoms with Gasteiger partial charge in [0.25, 0.3) is 0 Å².